The molecule has 4 aromatic carbocycles. The molecule has 0 saturated heterocycles. The van der Waals surface area contributed by atoms with E-state index in [0.29, 0.717) is 82.1 Å². The summed E-state index contributed by atoms with van der Waals surface area (Å²) >= 11 is 0. The Kier molecular flexibility index (Phi) is 58.1. The van der Waals surface area contributed by atoms with E-state index in [-0.39, 0.29) is 42.2 Å². The molecule has 0 aliphatic carbocycles. The molecule has 764 valence electrons. The first-order valence-electron chi connectivity index (χ1n) is 46.6. The number of pyridine rings is 3. The highest BCUT2D eigenvalue weighted by Crippen LogP contribution is 2.25. The Morgan fingerprint density at radius 3 is 1.18 bits per heavy atom. The zero-order valence-electron chi connectivity index (χ0n) is 86.4. The van der Waals surface area contributed by atoms with Crippen LogP contribution in [0.3, 0.4) is 0 Å². The molecule has 14 N–H and O–H groups in total. The molecule has 0 bridgehead atoms. The fourth-order valence-electron chi connectivity index (χ4n) is 11.9. The number of hydrogen-bond acceptors (Lipinski definition) is 20. The first-order chi connectivity index (χ1) is 65.1. The topological polar surface area (TPSA) is 510 Å². The number of benzene rings is 4. The number of anilines is 2. The fourth-order valence-corrected chi connectivity index (χ4v) is 12.3. The predicted molar refractivity (Wildman–Crippen MR) is 551 cm³/mol. The molecule has 0 radical (unpaired) electrons. The molecule has 35 nitrogen and oxygen atoms in total. The van der Waals surface area contributed by atoms with E-state index in [1.165, 1.54) is 21.9 Å². The number of aromatic amines is 2. The van der Waals surface area contributed by atoms with Crippen molar-refractivity contribution in [3.05, 3.63) is 245 Å². The van der Waals surface area contributed by atoms with Crippen molar-refractivity contribution >= 4 is 80.5 Å². The number of aromatic carboxylic acids is 2. The van der Waals surface area contributed by atoms with Crippen molar-refractivity contribution in [1.29, 1.82) is 0 Å². The normalized spacial score (nSPS) is 10.7. The van der Waals surface area contributed by atoms with Crippen LogP contribution in [0.5, 0.6) is 11.5 Å². The smallest absolute Gasteiger partial charge is 0.380 e. The van der Waals surface area contributed by atoms with Crippen molar-refractivity contribution in [1.82, 2.24) is 79.5 Å². The number of para-hydroxylation sites is 2. The Morgan fingerprint density at radius 1 is 0.460 bits per heavy atom. The number of amides is 4. The van der Waals surface area contributed by atoms with Gasteiger partial charge in [-0.3, -0.25) is 32.7 Å². The van der Waals surface area contributed by atoms with Crippen molar-refractivity contribution in [2.45, 2.75) is 247 Å². The monoisotopic (exact) mass is 1950 g/mol. The van der Waals surface area contributed by atoms with Crippen molar-refractivity contribution in [3.8, 4) is 11.5 Å². The molecular weight excluding hydrogens is 1790 g/mol. The number of fused-ring (bicyclic) bond motifs is 3. The third-order valence-electron chi connectivity index (χ3n) is 18.9. The van der Waals surface area contributed by atoms with Gasteiger partial charge in [-0.25, -0.2) is 24.2 Å². The molecule has 139 heavy (non-hydrogen) atoms. The van der Waals surface area contributed by atoms with E-state index in [9.17, 15) is 47.1 Å². The molecule has 0 spiro atoms. The molecule has 0 aliphatic heterocycles. The van der Waals surface area contributed by atoms with Crippen LogP contribution in [0.2, 0.25) is 0 Å². The summed E-state index contributed by atoms with van der Waals surface area (Å²) in [6, 6.07) is 41.8. The summed E-state index contributed by atoms with van der Waals surface area (Å²) in [4.78, 5) is 82.2. The molecule has 8 aromatic heterocycles. The average molecular weight is 1950 g/mol. The third-order valence-corrected chi connectivity index (χ3v) is 19.3. The molecule has 36 heteroatoms. The lowest BCUT2D eigenvalue weighted by atomic mass is 9.98. The number of aliphatic carboxylic acids is 3. The van der Waals surface area contributed by atoms with Crippen LogP contribution in [0, 0.1) is 41.4 Å². The molecule has 0 aliphatic rings. The van der Waals surface area contributed by atoms with Crippen LogP contribution in [0.25, 0.3) is 16.9 Å². The maximum Gasteiger partial charge on any atom is 0.380 e. The Hall–Kier alpha value is -13.5. The van der Waals surface area contributed by atoms with E-state index >= 15 is 0 Å². The van der Waals surface area contributed by atoms with E-state index in [2.05, 4.69) is 204 Å². The molecule has 0 atom stereocenters. The van der Waals surface area contributed by atoms with Crippen molar-refractivity contribution < 1.29 is 76.8 Å². The van der Waals surface area contributed by atoms with E-state index in [4.69, 9.17) is 30.7 Å². The molecule has 12 aromatic rings. The number of urea groups is 2. The summed E-state index contributed by atoms with van der Waals surface area (Å²) in [6.45, 7) is 49.7. The second kappa shape index (κ2) is 65.3. The molecule has 4 amide bonds. The molecule has 0 unspecified atom stereocenters. The Bertz CT molecular complexity index is 5580. The minimum Gasteiger partial charge on any atom is -0.508 e. The van der Waals surface area contributed by atoms with Gasteiger partial charge in [-0.15, -0.1) is 30.6 Å². The first kappa shape index (κ1) is 124. The maximum absolute atomic E-state index is 11.6. The average Bonchev–Trinajstić information content (AvgIpc) is 1.68. The van der Waals surface area contributed by atoms with E-state index in [0.717, 1.165) is 101 Å². The van der Waals surface area contributed by atoms with Crippen LogP contribution in [0.1, 0.15) is 292 Å². The van der Waals surface area contributed by atoms with Crippen LogP contribution in [-0.4, -0.2) is 178 Å². The minimum atomic E-state index is -3.94. The van der Waals surface area contributed by atoms with Crippen LogP contribution < -0.4 is 30.6 Å². The zero-order chi connectivity index (χ0) is 106. The number of phenolic OH excluding ortho intramolecular Hbond substituents is 1. The summed E-state index contributed by atoms with van der Waals surface area (Å²) in [5.41, 5.74) is 12.1. The number of aromatic hydroxyl groups is 1. The lowest BCUT2D eigenvalue weighted by Crippen LogP contribution is -2.27. The van der Waals surface area contributed by atoms with Crippen LogP contribution >= 0.6 is 0 Å². The standard InChI is InChI=1S/C12H17N5O.C11H15N5O.C11H16N4.2C11H14O2.C10H15NO3S.C10H14O.2C6H10N2.C6H12O2.C5H10O2.C4H8O2/c1-8(2)11-15-14-10-6-5-9(7-17(10)11)13-12(18)16(3)4;1-7(2)10-15-14-9-5-4-8(6-16(9)10)13-11(17)12-3;1-8(2)11-14-13-10-5-4-9(6-12-3)7-15(10)11;2*1-8(2)7-9-5-3-4-6-10(9)11(12)13;1-8(2)7-9-5-3-4-6-10(9)14-15(11,12)13;1-8(2)7-9-5-3-4-6-10(9)11;1-5(2)6-3-7-4-8-6;1-5(2)6-3-4-7-8-6;1-5(2)3-4-6(7)8;1-4(2)3-5(6)7;1-3(2)4(5)6/h5-8H,1-4H3,(H,13,18);4-7H,1-3H3,(H2,12,13,17);4-5,7-8,12H,6H2,1-3H3;2*3-6,8H,7H2,1-2H3,(H,12,13);3-6,8H,7H2,1-2H3,(H2,11,12,13);3-6,8,11H,7H2,1-2H3;2*3-5H,1-2H3,(H,7,8);5H,3-4H2,1-2H3,(H,7,8);4H,3H2,1-2H3,(H,6,7);3H,1-2H3,(H,5,6). The summed E-state index contributed by atoms with van der Waals surface area (Å²) in [6.07, 6.45) is 15.8. The van der Waals surface area contributed by atoms with Gasteiger partial charge in [0.1, 0.15) is 29.0 Å². The second-order valence-corrected chi connectivity index (χ2v) is 38.2. The highest BCUT2D eigenvalue weighted by molar-refractivity contribution is 7.84. The van der Waals surface area contributed by atoms with Gasteiger partial charge < -0.3 is 66.0 Å². The highest BCUT2D eigenvalue weighted by atomic mass is 32.2. The third kappa shape index (κ3) is 52.0. The number of carboxylic acid groups (broad SMARTS) is 5. The lowest BCUT2D eigenvalue weighted by molar-refractivity contribution is -0.140. The second-order valence-electron chi connectivity index (χ2n) is 37.0. The Morgan fingerprint density at radius 2 is 0.863 bits per heavy atom. The first-order valence-corrected chi connectivity index (χ1v) is 48.1. The Labute approximate surface area is 821 Å². The number of carboxylic acids is 5. The molecule has 8 heterocycles. The summed E-state index contributed by atoms with van der Waals surface area (Å²) < 4.78 is 32.1. The van der Waals surface area contributed by atoms with Gasteiger partial charge in [0.15, 0.2) is 16.9 Å². The summed E-state index contributed by atoms with van der Waals surface area (Å²) in [5, 5.41) is 98.8. The summed E-state index contributed by atoms with van der Waals surface area (Å²) in [7, 11) is 2.99. The number of carbonyl (C=O) groups excluding carboxylic acids is 2. The Balaban J connectivity index is 0.000000768. The summed E-state index contributed by atoms with van der Waals surface area (Å²) in [5.74, 6) is 4.31. The number of nitrogens with two attached hydrogens (primary N) is 1. The van der Waals surface area contributed by atoms with Crippen LogP contribution in [-0.2, 0) is 56.9 Å². The molecule has 0 fully saturated rings. The van der Waals surface area contributed by atoms with Crippen molar-refractivity contribution in [3.63, 3.8) is 0 Å². The number of rotatable bonds is 27. The fraction of sp³-hybridized carbons (Fsp3) is 0.466. The number of H-pyrrole nitrogens is 2. The van der Waals surface area contributed by atoms with E-state index in [1.807, 2.05) is 161 Å². The minimum absolute atomic E-state index is 0.159. The van der Waals surface area contributed by atoms with Gasteiger partial charge in [-0.1, -0.05) is 245 Å². The molecule has 0 saturated carbocycles. The van der Waals surface area contributed by atoms with E-state index < -0.39 is 40.2 Å². The largest absolute Gasteiger partial charge is 0.508 e. The number of nitrogens with one attached hydrogen (secondary N) is 6. The van der Waals surface area contributed by atoms with Gasteiger partial charge in [0.25, 0.3) is 0 Å². The van der Waals surface area contributed by atoms with E-state index in [1.54, 1.807) is 96.0 Å². The lowest BCUT2D eigenvalue weighted by Gasteiger charge is -2.12. The van der Waals surface area contributed by atoms with Crippen molar-refractivity contribution in [2.24, 2.45) is 46.6 Å². The number of hydrogen-bond donors (Lipinski definition) is 13. The van der Waals surface area contributed by atoms with Gasteiger partial charge in [0.2, 0.25) is 0 Å². The quantitative estimate of drug-likeness (QED) is 0.0227. The number of aromatic nitrogens is 13. The molecule has 12 rings (SSSR count). The van der Waals surface area contributed by atoms with Crippen LogP contribution in [0.4, 0.5) is 21.0 Å². The number of phenols is 1. The van der Waals surface area contributed by atoms with Gasteiger partial charge in [-0.2, -0.15) is 18.7 Å². The van der Waals surface area contributed by atoms with Crippen LogP contribution in [0.15, 0.2) is 177 Å². The van der Waals surface area contributed by atoms with Gasteiger partial charge >= 0.3 is 52.2 Å². The SMILES string of the molecule is CC(C)C(=O)O.CC(C)CC(=O)O.CC(C)CCC(=O)O.CC(C)Cc1ccccc1C(=O)O.CC(C)Cc1ccccc1C(=O)O.CC(C)Cc1ccccc1O.CC(C)Cc1ccccc1OS(N)(=O)=O.CC(C)c1ccn[nH]1.CC(C)c1cnc[nH]1.CC(C)c1nnc2ccc(NC(=O)N(C)C)cn12.CNC(=O)Nc1ccc2nnc(C(C)C)n2c1.CNCc1ccc2nnc(C(C)C)n2c1. The number of carbonyl (C=O) groups is 7. The number of nitrogens with zero attached hydrogens (tertiary/aromatic N) is 12. The van der Waals surface area contributed by atoms with Gasteiger partial charge in [0.05, 0.1) is 34.7 Å². The number of imidazole rings is 1. The van der Waals surface area contributed by atoms with Gasteiger partial charge in [0, 0.05) is 101 Å². The highest BCUT2D eigenvalue weighted by Gasteiger charge is 2.18. The van der Waals surface area contributed by atoms with Crippen molar-refractivity contribution in [2.75, 3.05) is 38.8 Å². The zero-order valence-corrected chi connectivity index (χ0v) is 87.3. The maximum atomic E-state index is 11.6. The predicted octanol–water partition coefficient (Wildman–Crippen LogP) is 20.8. The van der Waals surface area contributed by atoms with Gasteiger partial charge in [-0.05, 0) is 175 Å². The molecular formula is C103H155N19O16S.